The van der Waals surface area contributed by atoms with Crippen LogP contribution in [0, 0.1) is 0 Å². The molecule has 0 rings (SSSR count). The molecule has 0 aliphatic carbocycles. The second kappa shape index (κ2) is 65.4. The van der Waals surface area contributed by atoms with Gasteiger partial charge in [-0.2, -0.15) is 0 Å². The third-order valence-electron chi connectivity index (χ3n) is 14.7. The van der Waals surface area contributed by atoms with E-state index in [1.807, 2.05) is 0 Å². The molecule has 0 spiro atoms. The molecule has 0 fully saturated rings. The Morgan fingerprint density at radius 2 is 0.506 bits per heavy atom. The monoisotopic (exact) mass is 1070 g/mol. The van der Waals surface area contributed by atoms with E-state index in [0.717, 1.165) is 103 Å². The van der Waals surface area contributed by atoms with E-state index >= 15 is 0 Å². The number of unbranched alkanes of at least 4 members (excludes halogenated alkanes) is 38. The Morgan fingerprint density at radius 3 is 0.805 bits per heavy atom. The van der Waals surface area contributed by atoms with Gasteiger partial charge in [0, 0.05) is 19.3 Å². The average Bonchev–Trinajstić information content (AvgIpc) is 3.43. The van der Waals surface area contributed by atoms with E-state index in [-0.39, 0.29) is 31.1 Å². The van der Waals surface area contributed by atoms with Crippen LogP contribution in [0.4, 0.5) is 0 Å². The highest BCUT2D eigenvalue weighted by Gasteiger charge is 2.19. The zero-order valence-electron chi connectivity index (χ0n) is 51.2. The van der Waals surface area contributed by atoms with Crippen LogP contribution in [-0.2, 0) is 28.6 Å². The van der Waals surface area contributed by atoms with Gasteiger partial charge in [-0.3, -0.25) is 14.4 Å². The number of carbonyl (C=O) groups is 3. The summed E-state index contributed by atoms with van der Waals surface area (Å²) in [7, 11) is 0. The van der Waals surface area contributed by atoms with Gasteiger partial charge in [0.05, 0.1) is 0 Å². The van der Waals surface area contributed by atoms with Gasteiger partial charge in [-0.15, -0.1) is 0 Å². The lowest BCUT2D eigenvalue weighted by Gasteiger charge is -2.18. The largest absolute Gasteiger partial charge is 0.462 e. The Bertz CT molecular complexity index is 1420. The van der Waals surface area contributed by atoms with Gasteiger partial charge in [0.25, 0.3) is 0 Å². The first-order valence-corrected chi connectivity index (χ1v) is 33.4. The van der Waals surface area contributed by atoms with Crippen molar-refractivity contribution in [2.24, 2.45) is 0 Å². The quantitative estimate of drug-likeness (QED) is 0.0261. The van der Waals surface area contributed by atoms with Crippen LogP contribution in [0.5, 0.6) is 0 Å². The van der Waals surface area contributed by atoms with Crippen molar-refractivity contribution in [3.05, 3.63) is 72.9 Å². The Labute approximate surface area is 478 Å². The van der Waals surface area contributed by atoms with Crippen molar-refractivity contribution in [1.29, 1.82) is 0 Å². The van der Waals surface area contributed by atoms with Crippen LogP contribution in [0.25, 0.3) is 0 Å². The number of carbonyl (C=O) groups excluding carboxylic acids is 3. The van der Waals surface area contributed by atoms with Gasteiger partial charge in [-0.25, -0.2) is 0 Å². The molecule has 0 bridgehead atoms. The van der Waals surface area contributed by atoms with Crippen molar-refractivity contribution in [2.75, 3.05) is 13.2 Å². The van der Waals surface area contributed by atoms with E-state index in [1.165, 1.54) is 199 Å². The summed E-state index contributed by atoms with van der Waals surface area (Å²) in [6.07, 6.45) is 84.8. The summed E-state index contributed by atoms with van der Waals surface area (Å²) >= 11 is 0. The van der Waals surface area contributed by atoms with Crippen molar-refractivity contribution < 1.29 is 28.6 Å². The maximum Gasteiger partial charge on any atom is 0.306 e. The number of hydrogen-bond donors (Lipinski definition) is 0. The topological polar surface area (TPSA) is 78.9 Å². The number of ether oxygens (including phenoxy) is 3. The molecule has 0 N–H and O–H groups in total. The third-order valence-corrected chi connectivity index (χ3v) is 14.7. The fourth-order valence-electron chi connectivity index (χ4n) is 9.70. The summed E-state index contributed by atoms with van der Waals surface area (Å²) in [4.78, 5) is 38.4. The molecular formula is C71H126O6. The van der Waals surface area contributed by atoms with E-state index in [0.29, 0.717) is 19.3 Å². The lowest BCUT2D eigenvalue weighted by molar-refractivity contribution is -0.167. The van der Waals surface area contributed by atoms with Gasteiger partial charge >= 0.3 is 17.9 Å². The lowest BCUT2D eigenvalue weighted by Crippen LogP contribution is -2.30. The maximum atomic E-state index is 12.9. The molecule has 1 atom stereocenters. The van der Waals surface area contributed by atoms with E-state index in [1.54, 1.807) is 0 Å². The van der Waals surface area contributed by atoms with E-state index < -0.39 is 6.10 Å². The molecule has 0 aromatic rings. The molecule has 0 aromatic carbocycles. The molecule has 0 aliphatic heterocycles. The number of allylic oxidation sites excluding steroid dienone is 12. The second-order valence-corrected chi connectivity index (χ2v) is 22.4. The van der Waals surface area contributed by atoms with Crippen molar-refractivity contribution in [3.63, 3.8) is 0 Å². The summed E-state index contributed by atoms with van der Waals surface area (Å²) in [5.74, 6) is -0.879. The van der Waals surface area contributed by atoms with E-state index in [9.17, 15) is 14.4 Å². The molecular weight excluding hydrogens is 949 g/mol. The average molecular weight is 1080 g/mol. The minimum atomic E-state index is -0.783. The van der Waals surface area contributed by atoms with Gasteiger partial charge in [-0.1, -0.05) is 306 Å². The molecule has 0 amide bonds. The maximum absolute atomic E-state index is 12.9. The molecule has 77 heavy (non-hydrogen) atoms. The minimum absolute atomic E-state index is 0.0800. The normalized spacial score (nSPS) is 12.5. The number of rotatable bonds is 61. The number of esters is 3. The van der Waals surface area contributed by atoms with Crippen LogP contribution < -0.4 is 0 Å². The van der Waals surface area contributed by atoms with E-state index in [2.05, 4.69) is 93.7 Å². The predicted molar refractivity (Wildman–Crippen MR) is 335 cm³/mol. The molecule has 446 valence electrons. The smallest absolute Gasteiger partial charge is 0.306 e. The molecule has 0 saturated heterocycles. The highest BCUT2D eigenvalue weighted by molar-refractivity contribution is 5.71. The molecule has 0 aromatic heterocycles. The van der Waals surface area contributed by atoms with Crippen LogP contribution in [0.3, 0.4) is 0 Å². The van der Waals surface area contributed by atoms with Crippen molar-refractivity contribution in [2.45, 2.75) is 348 Å². The van der Waals surface area contributed by atoms with Crippen LogP contribution in [0.15, 0.2) is 72.9 Å². The zero-order chi connectivity index (χ0) is 55.7. The molecule has 0 radical (unpaired) electrons. The molecule has 6 nitrogen and oxygen atoms in total. The first-order valence-electron chi connectivity index (χ1n) is 33.4. The summed E-state index contributed by atoms with van der Waals surface area (Å²) in [5.41, 5.74) is 0. The fraction of sp³-hybridized carbons (Fsp3) is 0.789. The summed E-state index contributed by atoms with van der Waals surface area (Å²) in [5, 5.41) is 0. The SMILES string of the molecule is CC/C=C\C/C=C\C/C=C\C/C=C\C/C=C\CCCCCCCCCC(=O)OCC(COC(=O)CCCCCCC/C=C\CCCCCCCCC)OC(=O)CCCCCCCCCCCCCCCCCCCCCC. The number of hydrogen-bond acceptors (Lipinski definition) is 6. The third kappa shape index (κ3) is 63.6. The molecule has 0 heterocycles. The van der Waals surface area contributed by atoms with Gasteiger partial charge in [0.1, 0.15) is 13.2 Å². The molecule has 0 aliphatic rings. The standard InChI is InChI=1S/C71H126O6/c1-4-7-10-13-16-19-22-25-28-31-33-35-36-37-39-40-43-46-49-52-55-58-61-64-70(73)76-67-68(66-75-69(72)63-60-57-54-51-48-45-42-30-27-24-21-18-15-12-9-6-3)77-71(74)65-62-59-56-53-50-47-44-41-38-34-32-29-26-23-20-17-14-11-8-5-2/h7,10,16,19,25,28,30,33,35,37,39,42,68H,4-6,8-9,11-15,17-18,20-24,26-27,29,31-32,34,36,38,40-41,43-67H2,1-3H3/b10-7-,19-16-,28-25-,35-33-,39-37-,42-30-. The summed E-state index contributed by atoms with van der Waals surface area (Å²) in [6.45, 7) is 6.56. The van der Waals surface area contributed by atoms with Gasteiger partial charge < -0.3 is 14.2 Å². The Balaban J connectivity index is 4.37. The fourth-order valence-corrected chi connectivity index (χ4v) is 9.70. The van der Waals surface area contributed by atoms with Crippen LogP contribution in [0.2, 0.25) is 0 Å². The highest BCUT2D eigenvalue weighted by Crippen LogP contribution is 2.17. The van der Waals surface area contributed by atoms with Gasteiger partial charge in [0.15, 0.2) is 6.10 Å². The second-order valence-electron chi connectivity index (χ2n) is 22.4. The predicted octanol–water partition coefficient (Wildman–Crippen LogP) is 22.9. The van der Waals surface area contributed by atoms with Crippen molar-refractivity contribution in [3.8, 4) is 0 Å². The Hall–Kier alpha value is -3.15. The van der Waals surface area contributed by atoms with Gasteiger partial charge in [-0.05, 0) is 89.9 Å². The zero-order valence-corrected chi connectivity index (χ0v) is 51.2. The van der Waals surface area contributed by atoms with Crippen LogP contribution in [-0.4, -0.2) is 37.2 Å². The Kier molecular flexibility index (Phi) is 62.7. The van der Waals surface area contributed by atoms with Crippen LogP contribution >= 0.6 is 0 Å². The Morgan fingerprint density at radius 1 is 0.273 bits per heavy atom. The molecule has 0 saturated carbocycles. The highest BCUT2D eigenvalue weighted by atomic mass is 16.6. The van der Waals surface area contributed by atoms with Crippen LogP contribution in [0.1, 0.15) is 342 Å². The van der Waals surface area contributed by atoms with Crippen molar-refractivity contribution in [1.82, 2.24) is 0 Å². The molecule has 6 heteroatoms. The van der Waals surface area contributed by atoms with Gasteiger partial charge in [0.2, 0.25) is 0 Å². The molecule has 1 unspecified atom stereocenters. The first-order chi connectivity index (χ1) is 38.0. The van der Waals surface area contributed by atoms with E-state index in [4.69, 9.17) is 14.2 Å². The minimum Gasteiger partial charge on any atom is -0.462 e. The summed E-state index contributed by atoms with van der Waals surface area (Å²) in [6, 6.07) is 0. The van der Waals surface area contributed by atoms with Crippen molar-refractivity contribution >= 4 is 17.9 Å². The summed E-state index contributed by atoms with van der Waals surface area (Å²) < 4.78 is 17.0. The first kappa shape index (κ1) is 73.8. The lowest BCUT2D eigenvalue weighted by atomic mass is 10.0.